The van der Waals surface area contributed by atoms with Crippen molar-refractivity contribution in [2.24, 2.45) is 0 Å². The lowest BCUT2D eigenvalue weighted by atomic mass is 10.1. The fourth-order valence-corrected chi connectivity index (χ4v) is 3.31. The summed E-state index contributed by atoms with van der Waals surface area (Å²) in [6.07, 6.45) is -2.16. The molecule has 0 spiro atoms. The molecular formula is C18H20F3N3O4S. The maximum absolute atomic E-state index is 14.5. The van der Waals surface area contributed by atoms with E-state index in [0.29, 0.717) is 17.0 Å². The van der Waals surface area contributed by atoms with Gasteiger partial charge in [-0.3, -0.25) is 14.5 Å². The monoisotopic (exact) mass is 431 g/mol. The lowest BCUT2D eigenvalue weighted by Crippen LogP contribution is -2.40. The summed E-state index contributed by atoms with van der Waals surface area (Å²) in [7, 11) is -2.28. The molecule has 2 N–H and O–H groups in total. The second-order valence-electron chi connectivity index (χ2n) is 6.04. The minimum atomic E-state index is -3.72. The van der Waals surface area contributed by atoms with Gasteiger partial charge in [-0.25, -0.2) is 18.2 Å². The maximum atomic E-state index is 14.5. The van der Waals surface area contributed by atoms with Gasteiger partial charge in [0.15, 0.2) is 0 Å². The van der Waals surface area contributed by atoms with Crippen molar-refractivity contribution in [3.05, 3.63) is 59.4 Å². The summed E-state index contributed by atoms with van der Waals surface area (Å²) < 4.78 is 69.3. The Morgan fingerprint density at radius 2 is 1.93 bits per heavy atom. The summed E-state index contributed by atoms with van der Waals surface area (Å²) in [5.41, 5.74) is 4.85. The molecule has 29 heavy (non-hydrogen) atoms. The Morgan fingerprint density at radius 3 is 2.52 bits per heavy atom. The molecule has 7 nitrogen and oxygen atoms in total. The minimum Gasteiger partial charge on any atom is -0.497 e. The van der Waals surface area contributed by atoms with Gasteiger partial charge >= 0.3 is 12.3 Å². The average Bonchev–Trinajstić information content (AvgIpc) is 2.66. The van der Waals surface area contributed by atoms with Crippen LogP contribution in [0.25, 0.3) is 0 Å². The molecule has 0 saturated heterocycles. The first-order chi connectivity index (χ1) is 13.6. The molecule has 0 bridgehead atoms. The van der Waals surface area contributed by atoms with Crippen molar-refractivity contribution < 1.29 is 31.1 Å². The third-order valence-electron chi connectivity index (χ3n) is 3.88. The number of nitrogens with one attached hydrogen (secondary N) is 2. The van der Waals surface area contributed by atoms with Crippen LogP contribution in [0.3, 0.4) is 0 Å². The molecule has 0 aromatic heterocycles. The van der Waals surface area contributed by atoms with E-state index in [0.717, 1.165) is 16.6 Å². The van der Waals surface area contributed by atoms with Gasteiger partial charge in [0.05, 0.1) is 25.6 Å². The van der Waals surface area contributed by atoms with Crippen molar-refractivity contribution >= 4 is 21.6 Å². The largest absolute Gasteiger partial charge is 0.497 e. The van der Waals surface area contributed by atoms with Crippen molar-refractivity contribution in [2.45, 2.75) is 19.5 Å². The van der Waals surface area contributed by atoms with Gasteiger partial charge in [-0.1, -0.05) is 18.2 Å². The first-order valence-corrected chi connectivity index (χ1v) is 10.2. The molecule has 0 radical (unpaired) electrons. The summed E-state index contributed by atoms with van der Waals surface area (Å²) in [4.78, 5) is 10.8. The minimum absolute atomic E-state index is 0.0959. The second-order valence-corrected chi connectivity index (χ2v) is 7.95. The van der Waals surface area contributed by atoms with E-state index in [1.54, 1.807) is 23.6 Å². The van der Waals surface area contributed by atoms with Crippen LogP contribution in [0, 0.1) is 5.82 Å². The number of halogens is 3. The van der Waals surface area contributed by atoms with Crippen LogP contribution in [0.15, 0.2) is 42.5 Å². The van der Waals surface area contributed by atoms with Gasteiger partial charge in [0.1, 0.15) is 11.6 Å². The van der Waals surface area contributed by atoms with Gasteiger partial charge in [0, 0.05) is 18.2 Å². The maximum Gasteiger partial charge on any atom is 0.316 e. The number of benzene rings is 2. The fourth-order valence-electron chi connectivity index (χ4n) is 2.44. The number of ether oxygens (including phenoxy) is 1. The molecule has 0 atom stereocenters. The van der Waals surface area contributed by atoms with Crippen LogP contribution in [0.4, 0.5) is 18.9 Å². The normalized spacial score (nSPS) is 11.4. The Balaban J connectivity index is 2.16. The van der Waals surface area contributed by atoms with E-state index in [1.807, 2.05) is 0 Å². The molecular weight excluding hydrogens is 411 g/mol. The Labute approximate surface area is 166 Å². The summed E-state index contributed by atoms with van der Waals surface area (Å²) in [5.74, 6) is -1.73. The smallest absolute Gasteiger partial charge is 0.316 e. The lowest BCUT2D eigenvalue weighted by molar-refractivity contribution is -0.132. The Morgan fingerprint density at radius 1 is 1.21 bits per heavy atom. The van der Waals surface area contributed by atoms with E-state index in [1.165, 1.54) is 25.3 Å². The molecule has 0 unspecified atom stereocenters. The van der Waals surface area contributed by atoms with E-state index in [4.69, 9.17) is 4.74 Å². The van der Waals surface area contributed by atoms with Crippen molar-refractivity contribution in [1.82, 2.24) is 10.9 Å². The molecule has 11 heteroatoms. The summed E-state index contributed by atoms with van der Waals surface area (Å²) in [6.45, 7) is -0.352. The van der Waals surface area contributed by atoms with Crippen LogP contribution in [0.2, 0.25) is 0 Å². The number of sulfonamides is 1. The topological polar surface area (TPSA) is 87.7 Å². The van der Waals surface area contributed by atoms with Crippen LogP contribution < -0.4 is 19.9 Å². The number of carbonyl (C=O) groups is 1. The Bertz CT molecular complexity index is 971. The SMILES string of the molecule is COc1cccc(N(Cc2ccc(CNNC(=O)C(F)F)cc2F)S(C)(=O)=O)c1. The van der Waals surface area contributed by atoms with Gasteiger partial charge < -0.3 is 4.74 Å². The number of alkyl halides is 2. The van der Waals surface area contributed by atoms with Crippen molar-refractivity contribution in [2.75, 3.05) is 17.7 Å². The van der Waals surface area contributed by atoms with Gasteiger partial charge in [-0.2, -0.15) is 8.78 Å². The first kappa shape index (κ1) is 22.5. The van der Waals surface area contributed by atoms with Crippen LogP contribution in [-0.4, -0.2) is 34.1 Å². The number of hydrogen-bond donors (Lipinski definition) is 2. The Kier molecular flexibility index (Phi) is 7.46. The van der Waals surface area contributed by atoms with Crippen LogP contribution in [-0.2, 0) is 27.9 Å². The zero-order chi connectivity index (χ0) is 21.6. The second kappa shape index (κ2) is 9.61. The highest BCUT2D eigenvalue weighted by atomic mass is 32.2. The number of carbonyl (C=O) groups excluding carboxylic acids is 1. The number of anilines is 1. The number of hydrazine groups is 1. The summed E-state index contributed by atoms with van der Waals surface area (Å²) >= 11 is 0. The average molecular weight is 431 g/mol. The van der Waals surface area contributed by atoms with Crippen LogP contribution in [0.1, 0.15) is 11.1 Å². The van der Waals surface area contributed by atoms with E-state index in [9.17, 15) is 26.4 Å². The Hall–Kier alpha value is -2.79. The molecule has 0 heterocycles. The van der Waals surface area contributed by atoms with E-state index >= 15 is 0 Å². The predicted octanol–water partition coefficient (Wildman–Crippen LogP) is 2.19. The molecule has 2 aromatic carbocycles. The van der Waals surface area contributed by atoms with Gasteiger partial charge in [-0.15, -0.1) is 0 Å². The third kappa shape index (κ3) is 6.36. The predicted molar refractivity (Wildman–Crippen MR) is 101 cm³/mol. The van der Waals surface area contributed by atoms with Crippen LogP contribution >= 0.6 is 0 Å². The number of methoxy groups -OCH3 is 1. The highest BCUT2D eigenvalue weighted by Gasteiger charge is 2.20. The molecule has 0 aliphatic rings. The molecule has 0 saturated carbocycles. The zero-order valence-corrected chi connectivity index (χ0v) is 16.5. The van der Waals surface area contributed by atoms with Gasteiger partial charge in [0.2, 0.25) is 10.0 Å². The number of hydrogen-bond acceptors (Lipinski definition) is 5. The molecule has 158 valence electrons. The van der Waals surface area contributed by atoms with Crippen LogP contribution in [0.5, 0.6) is 5.75 Å². The highest BCUT2D eigenvalue weighted by molar-refractivity contribution is 7.92. The third-order valence-corrected chi connectivity index (χ3v) is 5.02. The molecule has 2 rings (SSSR count). The highest BCUT2D eigenvalue weighted by Crippen LogP contribution is 2.25. The number of amides is 1. The van der Waals surface area contributed by atoms with Crippen molar-refractivity contribution in [1.29, 1.82) is 0 Å². The fraction of sp³-hybridized carbons (Fsp3) is 0.278. The molecule has 0 aliphatic heterocycles. The number of rotatable bonds is 9. The molecule has 0 aliphatic carbocycles. The molecule has 2 aromatic rings. The zero-order valence-electron chi connectivity index (χ0n) is 15.7. The van der Waals surface area contributed by atoms with E-state index in [2.05, 4.69) is 5.43 Å². The van der Waals surface area contributed by atoms with Gasteiger partial charge in [0.25, 0.3) is 0 Å². The lowest BCUT2D eigenvalue weighted by Gasteiger charge is -2.23. The number of nitrogens with zero attached hydrogens (tertiary/aromatic N) is 1. The molecule has 1 amide bonds. The van der Waals surface area contributed by atoms with Crippen molar-refractivity contribution in [3.8, 4) is 5.75 Å². The molecule has 0 fully saturated rings. The summed E-state index contributed by atoms with van der Waals surface area (Å²) in [6, 6.07) is 10.4. The van der Waals surface area contributed by atoms with Gasteiger partial charge in [-0.05, 0) is 23.8 Å². The standard InChI is InChI=1S/C18H20F3N3O4S/c1-28-15-5-3-4-14(9-15)24(29(2,26)27)11-13-7-6-12(8-16(13)19)10-22-23-18(25)17(20)21/h3-9,17,22H,10-11H2,1-2H3,(H,23,25). The van der Waals surface area contributed by atoms with Crippen molar-refractivity contribution in [3.63, 3.8) is 0 Å². The van der Waals surface area contributed by atoms with E-state index in [-0.39, 0.29) is 18.7 Å². The first-order valence-electron chi connectivity index (χ1n) is 8.31. The quantitative estimate of drug-likeness (QED) is 0.595. The summed E-state index contributed by atoms with van der Waals surface area (Å²) in [5, 5.41) is 0. The van der Waals surface area contributed by atoms with E-state index < -0.39 is 28.2 Å².